The van der Waals surface area contributed by atoms with E-state index in [2.05, 4.69) is 6.58 Å². The summed E-state index contributed by atoms with van der Waals surface area (Å²) in [5, 5.41) is 8.54. The minimum Gasteiger partial charge on any atom is -0.497 e. The van der Waals surface area contributed by atoms with Crippen molar-refractivity contribution in [1.29, 1.82) is 0 Å². The van der Waals surface area contributed by atoms with Crippen molar-refractivity contribution in [3.8, 4) is 5.75 Å². The van der Waals surface area contributed by atoms with Gasteiger partial charge < -0.3 is 9.47 Å². The number of allylic oxidation sites excluding steroid dienone is 2. The Morgan fingerprint density at radius 3 is 2.70 bits per heavy atom. The van der Waals surface area contributed by atoms with Crippen molar-refractivity contribution < 1.29 is 19.5 Å². The topological polar surface area (TPSA) is 67.8 Å². The second kappa shape index (κ2) is 8.90. The van der Waals surface area contributed by atoms with Gasteiger partial charge in [-0.2, -0.15) is 0 Å². The molecule has 0 aliphatic rings. The first-order chi connectivity index (χ1) is 9.69. The minimum absolute atomic E-state index is 0.0387. The Labute approximate surface area is 118 Å². The monoisotopic (exact) mass is 277 g/mol. The Bertz CT molecular complexity index is 453. The number of carbonyl (C=O) groups is 1. The molecule has 0 aliphatic heterocycles. The van der Waals surface area contributed by atoms with Crippen molar-refractivity contribution in [2.24, 2.45) is 0 Å². The first-order valence-electron chi connectivity index (χ1n) is 6.16. The summed E-state index contributed by atoms with van der Waals surface area (Å²) in [7, 11) is 1.61. The zero-order valence-corrected chi connectivity index (χ0v) is 11.4. The molecule has 1 aromatic rings. The molecule has 1 atom stereocenters. The zero-order chi connectivity index (χ0) is 14.8. The van der Waals surface area contributed by atoms with Crippen molar-refractivity contribution in [2.75, 3.05) is 7.11 Å². The van der Waals surface area contributed by atoms with E-state index in [1.54, 1.807) is 30.8 Å². The normalized spacial score (nSPS) is 12.1. The fourth-order valence-electron chi connectivity index (χ4n) is 1.54. The molecule has 0 fully saturated rings. The number of nitrogens with one attached hydrogen (secondary N) is 1. The summed E-state index contributed by atoms with van der Waals surface area (Å²) in [4.78, 5) is 11.2. The van der Waals surface area contributed by atoms with Crippen LogP contribution in [0, 0.1) is 0 Å². The lowest BCUT2D eigenvalue weighted by molar-refractivity contribution is -0.131. The number of methoxy groups -OCH3 is 1. The molecule has 1 aromatic carbocycles. The number of benzene rings is 1. The van der Waals surface area contributed by atoms with Crippen LogP contribution in [0.2, 0.25) is 0 Å². The number of hydroxylamine groups is 1. The molecule has 5 heteroatoms. The molecule has 0 spiro atoms. The smallest absolute Gasteiger partial charge is 0.246 e. The first kappa shape index (κ1) is 15.9. The summed E-state index contributed by atoms with van der Waals surface area (Å²) in [5.41, 5.74) is 2.55. The summed E-state index contributed by atoms with van der Waals surface area (Å²) in [6.45, 7) is 3.92. The van der Waals surface area contributed by atoms with Crippen LogP contribution in [-0.4, -0.2) is 24.3 Å². The van der Waals surface area contributed by atoms with Gasteiger partial charge in [0.1, 0.15) is 5.75 Å². The third kappa shape index (κ3) is 5.69. The third-order valence-corrected chi connectivity index (χ3v) is 2.60. The largest absolute Gasteiger partial charge is 0.497 e. The summed E-state index contributed by atoms with van der Waals surface area (Å²) in [6, 6.07) is 7.46. The molecule has 0 aromatic heterocycles. The molecule has 5 nitrogen and oxygen atoms in total. The maximum absolute atomic E-state index is 11.2. The lowest BCUT2D eigenvalue weighted by atomic mass is 10.2. The molecule has 0 bridgehead atoms. The summed E-state index contributed by atoms with van der Waals surface area (Å²) in [6.07, 6.45) is 4.62. The van der Waals surface area contributed by atoms with Crippen molar-refractivity contribution in [2.45, 2.75) is 19.1 Å². The van der Waals surface area contributed by atoms with E-state index >= 15 is 0 Å². The number of ether oxygens (including phenoxy) is 2. The Morgan fingerprint density at radius 1 is 1.45 bits per heavy atom. The molecule has 0 aliphatic carbocycles. The SMILES string of the molecule is C=C/C=C/[C@H](CC(=O)NO)OCc1ccc(OC)cc1. The fraction of sp³-hybridized carbons (Fsp3) is 0.267. The van der Waals surface area contributed by atoms with Crippen LogP contribution < -0.4 is 10.2 Å². The van der Waals surface area contributed by atoms with Crippen molar-refractivity contribution in [3.63, 3.8) is 0 Å². The number of amides is 1. The van der Waals surface area contributed by atoms with Gasteiger partial charge in [0, 0.05) is 0 Å². The minimum atomic E-state index is -0.501. The zero-order valence-electron chi connectivity index (χ0n) is 11.4. The van der Waals surface area contributed by atoms with Crippen LogP contribution in [-0.2, 0) is 16.1 Å². The highest BCUT2D eigenvalue weighted by atomic mass is 16.5. The van der Waals surface area contributed by atoms with Crippen LogP contribution in [0.25, 0.3) is 0 Å². The van der Waals surface area contributed by atoms with E-state index in [1.807, 2.05) is 24.3 Å². The summed E-state index contributed by atoms with van der Waals surface area (Å²) in [5.74, 6) is 0.273. The molecular formula is C15H19NO4. The van der Waals surface area contributed by atoms with Crippen molar-refractivity contribution in [1.82, 2.24) is 5.48 Å². The van der Waals surface area contributed by atoms with Crippen LogP contribution in [0.5, 0.6) is 5.75 Å². The van der Waals surface area contributed by atoms with Gasteiger partial charge in [0.2, 0.25) is 5.91 Å². The molecule has 108 valence electrons. The summed E-state index contributed by atoms with van der Waals surface area (Å²) < 4.78 is 10.7. The number of hydrogen-bond donors (Lipinski definition) is 2. The average molecular weight is 277 g/mol. The van der Waals surface area contributed by atoms with E-state index < -0.39 is 12.0 Å². The molecule has 0 unspecified atom stereocenters. The van der Waals surface area contributed by atoms with Gasteiger partial charge in [0.15, 0.2) is 0 Å². The quantitative estimate of drug-likeness (QED) is 0.434. The van der Waals surface area contributed by atoms with E-state index in [1.165, 1.54) is 0 Å². The third-order valence-electron chi connectivity index (χ3n) is 2.60. The maximum atomic E-state index is 11.2. The van der Waals surface area contributed by atoms with Crippen molar-refractivity contribution in [3.05, 3.63) is 54.6 Å². The van der Waals surface area contributed by atoms with Gasteiger partial charge in [-0.3, -0.25) is 10.0 Å². The second-order valence-electron chi connectivity index (χ2n) is 4.06. The van der Waals surface area contributed by atoms with Crippen molar-refractivity contribution >= 4 is 5.91 Å². The second-order valence-corrected chi connectivity index (χ2v) is 4.06. The molecule has 0 radical (unpaired) electrons. The van der Waals surface area contributed by atoms with Crippen LogP contribution in [0.4, 0.5) is 0 Å². The van der Waals surface area contributed by atoms with Crippen LogP contribution in [0.3, 0.4) is 0 Å². The molecule has 1 rings (SSSR count). The molecule has 0 heterocycles. The maximum Gasteiger partial charge on any atom is 0.246 e. The first-order valence-corrected chi connectivity index (χ1v) is 6.16. The highest BCUT2D eigenvalue weighted by Crippen LogP contribution is 2.13. The van der Waals surface area contributed by atoms with E-state index in [-0.39, 0.29) is 6.42 Å². The number of rotatable bonds is 8. The summed E-state index contributed by atoms with van der Waals surface area (Å²) >= 11 is 0. The number of hydrogen-bond acceptors (Lipinski definition) is 4. The predicted molar refractivity (Wildman–Crippen MR) is 75.5 cm³/mol. The highest BCUT2D eigenvalue weighted by molar-refractivity contribution is 5.75. The molecule has 2 N–H and O–H groups in total. The van der Waals surface area contributed by atoms with Gasteiger partial charge in [-0.1, -0.05) is 36.9 Å². The highest BCUT2D eigenvalue weighted by Gasteiger charge is 2.11. The van der Waals surface area contributed by atoms with E-state index in [4.69, 9.17) is 14.7 Å². The van der Waals surface area contributed by atoms with Crippen LogP contribution in [0.15, 0.2) is 49.1 Å². The number of carbonyl (C=O) groups excluding carboxylic acids is 1. The lowest BCUT2D eigenvalue weighted by Crippen LogP contribution is -2.25. The van der Waals surface area contributed by atoms with E-state index in [0.29, 0.717) is 6.61 Å². The Kier molecular flexibility index (Phi) is 7.10. The average Bonchev–Trinajstić information content (AvgIpc) is 2.50. The van der Waals surface area contributed by atoms with Crippen LogP contribution >= 0.6 is 0 Å². The molecule has 20 heavy (non-hydrogen) atoms. The lowest BCUT2D eigenvalue weighted by Gasteiger charge is -2.13. The van der Waals surface area contributed by atoms with E-state index in [0.717, 1.165) is 11.3 Å². The Hall–Kier alpha value is -2.11. The predicted octanol–water partition coefficient (Wildman–Crippen LogP) is 2.22. The molecule has 0 saturated carbocycles. The van der Waals surface area contributed by atoms with Gasteiger partial charge in [0.25, 0.3) is 0 Å². The molecular weight excluding hydrogens is 258 g/mol. The molecule has 1 amide bonds. The standard InChI is InChI=1S/C15H19NO4/c1-3-4-5-14(10-15(17)16-18)20-11-12-6-8-13(19-2)9-7-12/h3-9,14,18H,1,10-11H2,2H3,(H,16,17)/b5-4+/t14-/m1/s1. The Morgan fingerprint density at radius 2 is 2.15 bits per heavy atom. The van der Waals surface area contributed by atoms with Crippen LogP contribution in [0.1, 0.15) is 12.0 Å². The Balaban J connectivity index is 2.57. The van der Waals surface area contributed by atoms with E-state index in [9.17, 15) is 4.79 Å². The van der Waals surface area contributed by atoms with Gasteiger partial charge in [-0.25, -0.2) is 5.48 Å². The van der Waals surface area contributed by atoms with Gasteiger partial charge in [-0.15, -0.1) is 0 Å². The fourth-order valence-corrected chi connectivity index (χ4v) is 1.54. The van der Waals surface area contributed by atoms with Gasteiger partial charge in [-0.05, 0) is 17.7 Å². The molecule has 0 saturated heterocycles. The van der Waals surface area contributed by atoms with Gasteiger partial charge >= 0.3 is 0 Å². The van der Waals surface area contributed by atoms with Gasteiger partial charge in [0.05, 0.1) is 26.2 Å².